The number of Topliss-reactive ketones (excluding diaryl/α,β-unsaturated/α-hetero) is 1. The molecule has 0 bridgehead atoms. The lowest BCUT2D eigenvalue weighted by Crippen LogP contribution is -2.18. The second-order valence-electron chi connectivity index (χ2n) is 5.48. The molecule has 0 radical (unpaired) electrons. The summed E-state index contributed by atoms with van der Waals surface area (Å²) in [5.41, 5.74) is 2.57. The summed E-state index contributed by atoms with van der Waals surface area (Å²) < 4.78 is 0. The zero-order valence-corrected chi connectivity index (χ0v) is 10.2. The predicted octanol–water partition coefficient (Wildman–Crippen LogP) is 2.59. The van der Waals surface area contributed by atoms with E-state index in [9.17, 15) is 4.79 Å². The number of nitrogens with one attached hydrogen (secondary N) is 1. The van der Waals surface area contributed by atoms with E-state index in [0.29, 0.717) is 12.2 Å². The largest absolute Gasteiger partial charge is 0.303 e. The van der Waals surface area contributed by atoms with Gasteiger partial charge in [0.25, 0.3) is 0 Å². The Morgan fingerprint density at radius 1 is 1.19 bits per heavy atom. The van der Waals surface area contributed by atoms with Crippen LogP contribution in [0.1, 0.15) is 44.4 Å². The number of hydrogen-bond acceptors (Lipinski definition) is 2. The number of carbonyl (C=O) groups excluding carboxylic acids is 1. The Balaban J connectivity index is 2.22. The maximum absolute atomic E-state index is 11.6. The van der Waals surface area contributed by atoms with Gasteiger partial charge in [0.05, 0.1) is 6.04 Å². The van der Waals surface area contributed by atoms with Crippen LogP contribution in [0.3, 0.4) is 0 Å². The molecule has 2 heteroatoms. The second-order valence-corrected chi connectivity index (χ2v) is 5.48. The fraction of sp³-hybridized carbons (Fsp3) is 0.500. The SMILES string of the molecule is CC(C)(C)c1ccc(C2NCCC2=O)cc1. The average molecular weight is 217 g/mol. The Kier molecular flexibility index (Phi) is 2.85. The van der Waals surface area contributed by atoms with Crippen molar-refractivity contribution in [1.82, 2.24) is 5.32 Å². The van der Waals surface area contributed by atoms with Gasteiger partial charge in [-0.1, -0.05) is 45.0 Å². The van der Waals surface area contributed by atoms with Gasteiger partial charge >= 0.3 is 0 Å². The van der Waals surface area contributed by atoms with Crippen LogP contribution in [0, 0.1) is 0 Å². The van der Waals surface area contributed by atoms with Crippen LogP contribution in [-0.4, -0.2) is 12.3 Å². The zero-order chi connectivity index (χ0) is 11.8. The topological polar surface area (TPSA) is 29.1 Å². The molecule has 1 aliphatic heterocycles. The predicted molar refractivity (Wildman–Crippen MR) is 65.5 cm³/mol. The molecule has 0 spiro atoms. The van der Waals surface area contributed by atoms with Crippen LogP contribution < -0.4 is 5.32 Å². The van der Waals surface area contributed by atoms with Crippen molar-refractivity contribution in [2.24, 2.45) is 0 Å². The van der Waals surface area contributed by atoms with Gasteiger partial charge in [0.15, 0.2) is 5.78 Å². The molecule has 2 nitrogen and oxygen atoms in total. The molecule has 1 fully saturated rings. The van der Waals surface area contributed by atoms with Crippen molar-refractivity contribution < 1.29 is 4.79 Å². The highest BCUT2D eigenvalue weighted by Gasteiger charge is 2.25. The summed E-state index contributed by atoms with van der Waals surface area (Å²) >= 11 is 0. The minimum absolute atomic E-state index is 0.0750. The molecule has 1 aliphatic rings. The lowest BCUT2D eigenvalue weighted by atomic mass is 9.86. The molecule has 1 N–H and O–H groups in total. The monoisotopic (exact) mass is 217 g/mol. The minimum atomic E-state index is -0.0750. The first-order valence-corrected chi connectivity index (χ1v) is 5.85. The van der Waals surface area contributed by atoms with Crippen molar-refractivity contribution >= 4 is 5.78 Å². The first-order valence-electron chi connectivity index (χ1n) is 5.85. The quantitative estimate of drug-likeness (QED) is 0.783. The van der Waals surface area contributed by atoms with Crippen LogP contribution >= 0.6 is 0 Å². The molecular formula is C14H19NO. The number of hydrogen-bond donors (Lipinski definition) is 1. The second kappa shape index (κ2) is 4.02. The van der Waals surface area contributed by atoms with Gasteiger partial charge in [-0.3, -0.25) is 4.79 Å². The molecule has 1 aromatic carbocycles. The number of carbonyl (C=O) groups is 1. The summed E-state index contributed by atoms with van der Waals surface area (Å²) in [6.07, 6.45) is 0.658. The molecule has 1 atom stereocenters. The molecule has 0 saturated carbocycles. The smallest absolute Gasteiger partial charge is 0.155 e. The maximum atomic E-state index is 11.6. The van der Waals surface area contributed by atoms with E-state index < -0.39 is 0 Å². The van der Waals surface area contributed by atoms with E-state index in [1.165, 1.54) is 5.56 Å². The van der Waals surface area contributed by atoms with Crippen molar-refractivity contribution in [2.75, 3.05) is 6.54 Å². The summed E-state index contributed by atoms with van der Waals surface area (Å²) in [5, 5.41) is 3.23. The Hall–Kier alpha value is -1.15. The molecule has 1 unspecified atom stereocenters. The van der Waals surface area contributed by atoms with Gasteiger partial charge in [-0.15, -0.1) is 0 Å². The molecule has 86 valence electrons. The van der Waals surface area contributed by atoms with Crippen molar-refractivity contribution in [1.29, 1.82) is 0 Å². The van der Waals surface area contributed by atoms with E-state index >= 15 is 0 Å². The highest BCUT2D eigenvalue weighted by atomic mass is 16.1. The van der Waals surface area contributed by atoms with Crippen LogP contribution in [0.4, 0.5) is 0 Å². The Morgan fingerprint density at radius 3 is 2.25 bits per heavy atom. The Labute approximate surface area is 97.1 Å². The molecule has 0 aliphatic carbocycles. The van der Waals surface area contributed by atoms with Crippen LogP contribution in [-0.2, 0) is 10.2 Å². The Bertz CT molecular complexity index is 386. The summed E-state index contributed by atoms with van der Waals surface area (Å²) in [6.45, 7) is 7.40. The van der Waals surface area contributed by atoms with Crippen LogP contribution in [0.25, 0.3) is 0 Å². The third-order valence-electron chi connectivity index (χ3n) is 3.15. The third-order valence-corrected chi connectivity index (χ3v) is 3.15. The van der Waals surface area contributed by atoms with Gasteiger partial charge in [0.2, 0.25) is 0 Å². The van der Waals surface area contributed by atoms with Crippen LogP contribution in [0.2, 0.25) is 0 Å². The van der Waals surface area contributed by atoms with Gasteiger partial charge in [-0.25, -0.2) is 0 Å². The van der Waals surface area contributed by atoms with E-state index in [1.807, 2.05) is 0 Å². The van der Waals surface area contributed by atoms with Gasteiger partial charge in [-0.05, 0) is 16.5 Å². The highest BCUT2D eigenvalue weighted by molar-refractivity contribution is 5.87. The van der Waals surface area contributed by atoms with Crippen molar-refractivity contribution in [3.63, 3.8) is 0 Å². The van der Waals surface area contributed by atoms with Crippen molar-refractivity contribution in [3.05, 3.63) is 35.4 Å². The number of ketones is 1. The normalized spacial score (nSPS) is 21.4. The molecule has 16 heavy (non-hydrogen) atoms. The van der Waals surface area contributed by atoms with E-state index in [-0.39, 0.29) is 11.5 Å². The van der Waals surface area contributed by atoms with Crippen molar-refractivity contribution in [2.45, 2.75) is 38.6 Å². The van der Waals surface area contributed by atoms with E-state index in [1.54, 1.807) is 0 Å². The zero-order valence-electron chi connectivity index (χ0n) is 10.2. The molecular weight excluding hydrogens is 198 g/mol. The average Bonchev–Trinajstić information content (AvgIpc) is 2.63. The van der Waals surface area contributed by atoms with Crippen molar-refractivity contribution in [3.8, 4) is 0 Å². The third kappa shape index (κ3) is 2.17. The van der Waals surface area contributed by atoms with Crippen LogP contribution in [0.5, 0.6) is 0 Å². The summed E-state index contributed by atoms with van der Waals surface area (Å²) in [5.74, 6) is 0.309. The summed E-state index contributed by atoms with van der Waals surface area (Å²) in [4.78, 5) is 11.6. The number of rotatable bonds is 1. The highest BCUT2D eigenvalue weighted by Crippen LogP contribution is 2.25. The fourth-order valence-electron chi connectivity index (χ4n) is 2.08. The van der Waals surface area contributed by atoms with Gasteiger partial charge < -0.3 is 5.32 Å². The first-order chi connectivity index (χ1) is 7.48. The molecule has 1 heterocycles. The standard InChI is InChI=1S/C14H19NO/c1-14(2,3)11-6-4-10(5-7-11)13-12(16)8-9-15-13/h4-7,13,15H,8-9H2,1-3H3. The molecule has 1 saturated heterocycles. The molecule has 0 aromatic heterocycles. The van der Waals surface area contributed by atoms with Gasteiger partial charge in [0, 0.05) is 13.0 Å². The maximum Gasteiger partial charge on any atom is 0.155 e. The molecule has 2 rings (SSSR count). The molecule has 1 aromatic rings. The number of benzene rings is 1. The Morgan fingerprint density at radius 2 is 1.81 bits per heavy atom. The van der Waals surface area contributed by atoms with E-state index in [0.717, 1.165) is 12.1 Å². The summed E-state index contributed by atoms with van der Waals surface area (Å²) in [6, 6.07) is 8.32. The van der Waals surface area contributed by atoms with E-state index in [4.69, 9.17) is 0 Å². The van der Waals surface area contributed by atoms with Gasteiger partial charge in [0.1, 0.15) is 0 Å². The first kappa shape index (κ1) is 11.3. The summed E-state index contributed by atoms with van der Waals surface area (Å²) in [7, 11) is 0. The van der Waals surface area contributed by atoms with E-state index in [2.05, 4.69) is 50.4 Å². The lowest BCUT2D eigenvalue weighted by molar-refractivity contribution is -0.118. The minimum Gasteiger partial charge on any atom is -0.303 e. The lowest BCUT2D eigenvalue weighted by Gasteiger charge is -2.20. The molecule has 0 amide bonds. The van der Waals surface area contributed by atoms with Crippen LogP contribution in [0.15, 0.2) is 24.3 Å². The fourth-order valence-corrected chi connectivity index (χ4v) is 2.08. The van der Waals surface area contributed by atoms with Gasteiger partial charge in [-0.2, -0.15) is 0 Å².